The van der Waals surface area contributed by atoms with Gasteiger partial charge in [-0.15, -0.1) is 0 Å². The summed E-state index contributed by atoms with van der Waals surface area (Å²) in [5.74, 6) is 0.229. The molecule has 2 N–H and O–H groups in total. The third-order valence-electron chi connectivity index (χ3n) is 4.35. The Hall–Kier alpha value is -1.97. The number of carboxylic acids is 1. The molecule has 1 heterocycles. The number of methoxy groups -OCH3 is 1. The van der Waals surface area contributed by atoms with Crippen molar-refractivity contribution in [2.24, 2.45) is 0 Å². The number of allylic oxidation sites excluding steroid dienone is 1. The number of benzene rings is 1. The van der Waals surface area contributed by atoms with E-state index >= 15 is 0 Å². The van der Waals surface area contributed by atoms with E-state index in [1.165, 1.54) is 0 Å². The second kappa shape index (κ2) is 6.20. The van der Waals surface area contributed by atoms with Gasteiger partial charge in [0.15, 0.2) is 0 Å². The molecule has 1 aliphatic heterocycles. The summed E-state index contributed by atoms with van der Waals surface area (Å²) in [4.78, 5) is 11.7. The van der Waals surface area contributed by atoms with Gasteiger partial charge in [-0.05, 0) is 49.3 Å². The van der Waals surface area contributed by atoms with Crippen LogP contribution in [0.5, 0.6) is 5.75 Å². The standard InChI is InChI=1S/C17H23NO3/c1-4-13(14-5-7-15(21-3)8-6-14)11-17(16(19)20)10-9-12(2)18-17/h5-8,13,18H,2,4,9-11H2,1,3H3,(H,19,20). The Morgan fingerprint density at radius 2 is 2.14 bits per heavy atom. The van der Waals surface area contributed by atoms with Crippen molar-refractivity contribution in [3.8, 4) is 5.75 Å². The number of hydrogen-bond donors (Lipinski definition) is 2. The van der Waals surface area contributed by atoms with Crippen LogP contribution in [0.4, 0.5) is 0 Å². The molecule has 2 unspecified atom stereocenters. The van der Waals surface area contributed by atoms with Crippen LogP contribution >= 0.6 is 0 Å². The molecule has 4 nitrogen and oxygen atoms in total. The zero-order valence-corrected chi connectivity index (χ0v) is 12.7. The number of hydrogen-bond acceptors (Lipinski definition) is 3. The van der Waals surface area contributed by atoms with Gasteiger partial charge >= 0.3 is 5.97 Å². The highest BCUT2D eigenvalue weighted by Crippen LogP contribution is 2.37. The Kier molecular flexibility index (Phi) is 4.56. The Bertz CT molecular complexity index is 523. The van der Waals surface area contributed by atoms with E-state index in [4.69, 9.17) is 4.74 Å². The maximum Gasteiger partial charge on any atom is 0.329 e. The molecule has 2 rings (SSSR count). The first-order valence-corrected chi connectivity index (χ1v) is 7.34. The normalized spacial score (nSPS) is 22.7. The van der Waals surface area contributed by atoms with Crippen LogP contribution in [0.3, 0.4) is 0 Å². The van der Waals surface area contributed by atoms with E-state index in [0.717, 1.165) is 29.9 Å². The molecule has 114 valence electrons. The van der Waals surface area contributed by atoms with E-state index in [0.29, 0.717) is 12.8 Å². The number of carboxylic acid groups (broad SMARTS) is 1. The van der Waals surface area contributed by atoms with Gasteiger partial charge in [-0.3, -0.25) is 0 Å². The minimum atomic E-state index is -0.877. The van der Waals surface area contributed by atoms with Gasteiger partial charge in [0.05, 0.1) is 7.11 Å². The van der Waals surface area contributed by atoms with Crippen molar-refractivity contribution in [2.45, 2.75) is 44.1 Å². The lowest BCUT2D eigenvalue weighted by Gasteiger charge is -2.29. The van der Waals surface area contributed by atoms with Gasteiger partial charge in [-0.1, -0.05) is 25.6 Å². The van der Waals surface area contributed by atoms with Crippen LogP contribution in [0.25, 0.3) is 0 Å². The van der Waals surface area contributed by atoms with Crippen LogP contribution in [0.1, 0.15) is 44.1 Å². The average Bonchev–Trinajstić information content (AvgIpc) is 2.87. The summed E-state index contributed by atoms with van der Waals surface area (Å²) in [5.41, 5.74) is 1.10. The monoisotopic (exact) mass is 289 g/mol. The van der Waals surface area contributed by atoms with Gasteiger partial charge in [0, 0.05) is 5.70 Å². The SMILES string of the molecule is C=C1CCC(CC(CC)c2ccc(OC)cc2)(C(=O)O)N1. The summed E-state index contributed by atoms with van der Waals surface area (Å²) in [5, 5.41) is 12.7. The van der Waals surface area contributed by atoms with Crippen LogP contribution in [-0.4, -0.2) is 23.7 Å². The van der Waals surface area contributed by atoms with Gasteiger partial charge in [-0.2, -0.15) is 0 Å². The fourth-order valence-electron chi connectivity index (χ4n) is 3.02. The Balaban J connectivity index is 2.20. The summed E-state index contributed by atoms with van der Waals surface area (Å²) in [7, 11) is 1.64. The predicted octanol–water partition coefficient (Wildman–Crippen LogP) is 3.30. The van der Waals surface area contributed by atoms with Crippen molar-refractivity contribution in [1.29, 1.82) is 0 Å². The Morgan fingerprint density at radius 1 is 1.48 bits per heavy atom. The molecule has 0 bridgehead atoms. The largest absolute Gasteiger partial charge is 0.497 e. The van der Waals surface area contributed by atoms with Gasteiger partial charge in [0.2, 0.25) is 0 Å². The highest BCUT2D eigenvalue weighted by molar-refractivity contribution is 5.80. The first kappa shape index (κ1) is 15.4. The summed E-state index contributed by atoms with van der Waals surface area (Å²) < 4.78 is 5.17. The molecule has 0 aliphatic carbocycles. The number of nitrogens with one attached hydrogen (secondary N) is 1. The van der Waals surface area contributed by atoms with E-state index in [-0.39, 0.29) is 5.92 Å². The van der Waals surface area contributed by atoms with Crippen molar-refractivity contribution in [3.63, 3.8) is 0 Å². The van der Waals surface area contributed by atoms with Gasteiger partial charge in [0.25, 0.3) is 0 Å². The zero-order chi connectivity index (χ0) is 15.5. The highest BCUT2D eigenvalue weighted by Gasteiger charge is 2.44. The third kappa shape index (κ3) is 3.20. The van der Waals surface area contributed by atoms with Crippen LogP contribution in [0.2, 0.25) is 0 Å². The third-order valence-corrected chi connectivity index (χ3v) is 4.35. The van der Waals surface area contributed by atoms with Crippen LogP contribution in [-0.2, 0) is 4.79 Å². The van der Waals surface area contributed by atoms with E-state index in [2.05, 4.69) is 18.8 Å². The Labute approximate surface area is 125 Å². The Morgan fingerprint density at radius 3 is 2.57 bits per heavy atom. The minimum absolute atomic E-state index is 0.199. The molecule has 1 fully saturated rings. The number of ether oxygens (including phenoxy) is 1. The molecule has 1 aromatic rings. The molecule has 0 saturated carbocycles. The highest BCUT2D eigenvalue weighted by atomic mass is 16.5. The molecule has 0 radical (unpaired) electrons. The summed E-state index contributed by atoms with van der Waals surface area (Å²) >= 11 is 0. The van der Waals surface area contributed by atoms with Crippen molar-refractivity contribution < 1.29 is 14.6 Å². The van der Waals surface area contributed by atoms with Crippen LogP contribution in [0, 0.1) is 0 Å². The van der Waals surface area contributed by atoms with E-state index in [1.807, 2.05) is 24.3 Å². The maximum absolute atomic E-state index is 11.7. The first-order valence-electron chi connectivity index (χ1n) is 7.34. The van der Waals surface area contributed by atoms with E-state index in [9.17, 15) is 9.90 Å². The topological polar surface area (TPSA) is 58.6 Å². The summed E-state index contributed by atoms with van der Waals surface area (Å²) in [6, 6.07) is 7.89. The maximum atomic E-state index is 11.7. The van der Waals surface area contributed by atoms with Gasteiger partial charge < -0.3 is 15.2 Å². The molecule has 1 aromatic carbocycles. The number of carbonyl (C=O) groups is 1. The molecule has 0 amide bonds. The lowest BCUT2D eigenvalue weighted by Crippen LogP contribution is -2.48. The molecule has 2 atom stereocenters. The first-order chi connectivity index (χ1) is 10.0. The zero-order valence-electron chi connectivity index (χ0n) is 12.7. The molecule has 1 saturated heterocycles. The molecule has 0 aromatic heterocycles. The number of aliphatic carboxylic acids is 1. The summed E-state index contributed by atoms with van der Waals surface area (Å²) in [6.07, 6.45) is 2.80. The number of rotatable bonds is 6. The van der Waals surface area contributed by atoms with Gasteiger partial charge in [0.1, 0.15) is 11.3 Å². The molecule has 0 spiro atoms. The fraction of sp³-hybridized carbons (Fsp3) is 0.471. The van der Waals surface area contributed by atoms with Crippen molar-refractivity contribution in [3.05, 3.63) is 42.1 Å². The smallest absolute Gasteiger partial charge is 0.329 e. The molecular weight excluding hydrogens is 266 g/mol. The fourth-order valence-corrected chi connectivity index (χ4v) is 3.02. The molecule has 1 aliphatic rings. The second-order valence-electron chi connectivity index (χ2n) is 5.70. The van der Waals surface area contributed by atoms with Crippen LogP contribution in [0.15, 0.2) is 36.5 Å². The average molecular weight is 289 g/mol. The van der Waals surface area contributed by atoms with Crippen LogP contribution < -0.4 is 10.1 Å². The summed E-state index contributed by atoms with van der Waals surface area (Å²) in [6.45, 7) is 5.96. The van der Waals surface area contributed by atoms with Crippen molar-refractivity contribution in [2.75, 3.05) is 7.11 Å². The van der Waals surface area contributed by atoms with Crippen molar-refractivity contribution >= 4 is 5.97 Å². The molecule has 4 heteroatoms. The van der Waals surface area contributed by atoms with E-state index in [1.54, 1.807) is 7.11 Å². The lowest BCUT2D eigenvalue weighted by molar-refractivity contribution is -0.144. The lowest BCUT2D eigenvalue weighted by atomic mass is 9.81. The van der Waals surface area contributed by atoms with E-state index < -0.39 is 11.5 Å². The van der Waals surface area contributed by atoms with Crippen molar-refractivity contribution in [1.82, 2.24) is 5.32 Å². The second-order valence-corrected chi connectivity index (χ2v) is 5.70. The predicted molar refractivity (Wildman–Crippen MR) is 82.5 cm³/mol. The quantitative estimate of drug-likeness (QED) is 0.843. The minimum Gasteiger partial charge on any atom is -0.497 e. The van der Waals surface area contributed by atoms with Gasteiger partial charge in [-0.25, -0.2) is 4.79 Å². The molecular formula is C17H23NO3. The molecule has 21 heavy (non-hydrogen) atoms.